The number of rotatable bonds is 7. The van der Waals surface area contributed by atoms with E-state index in [1.807, 2.05) is 20.9 Å². The maximum atomic E-state index is 13.8. The van der Waals surface area contributed by atoms with Crippen LogP contribution in [0.3, 0.4) is 0 Å². The number of furan rings is 1. The minimum Gasteiger partial charge on any atom is -0.395 e. The number of benzene rings is 1. The third kappa shape index (κ3) is 6.49. The van der Waals surface area contributed by atoms with Gasteiger partial charge in [-0.25, -0.2) is 4.39 Å². The van der Waals surface area contributed by atoms with Crippen molar-refractivity contribution in [1.29, 1.82) is 0 Å². The summed E-state index contributed by atoms with van der Waals surface area (Å²) in [5, 5.41) is 10.8. The van der Waals surface area contributed by atoms with Crippen LogP contribution in [0, 0.1) is 15.9 Å². The lowest BCUT2D eigenvalue weighted by Gasteiger charge is -2.19. The second-order valence-electron chi connectivity index (χ2n) is 6.80. The van der Waals surface area contributed by atoms with Crippen molar-refractivity contribution in [1.82, 2.24) is 4.90 Å². The molecular weight excluding hydrogens is 401 g/mol. The van der Waals surface area contributed by atoms with Gasteiger partial charge in [-0.15, -0.1) is 13.2 Å². The number of hydrogen-bond acceptors (Lipinski definition) is 5. The molecule has 1 atom stereocenters. The van der Waals surface area contributed by atoms with E-state index in [1.165, 1.54) is 23.1 Å². The molecule has 0 saturated heterocycles. The van der Waals surface area contributed by atoms with Crippen molar-refractivity contribution >= 4 is 17.5 Å². The van der Waals surface area contributed by atoms with Crippen LogP contribution in [0.2, 0.25) is 0 Å². The standard InChI is InChI=1S/C19H22FN3O4.C2H6.C2H4/c1-3-9-21(2)10-8-13-12-22(16-5-4-14(20)11-15(13)16)19(24)17-6-7-18(27-17)23(25)26;2*1-2/h4-7,11,13H,3,8-10,12H2,1-2H3;1-2H3;1-2H2. The number of nitro groups is 1. The Morgan fingerprint density at radius 2 is 1.97 bits per heavy atom. The first kappa shape index (κ1) is 26.0. The van der Waals surface area contributed by atoms with Gasteiger partial charge in [0.2, 0.25) is 0 Å². The maximum absolute atomic E-state index is 13.8. The lowest BCUT2D eigenvalue weighted by Crippen LogP contribution is -2.30. The summed E-state index contributed by atoms with van der Waals surface area (Å²) in [5.74, 6) is -1.37. The highest BCUT2D eigenvalue weighted by atomic mass is 19.1. The molecule has 0 fully saturated rings. The fraction of sp³-hybridized carbons (Fsp3) is 0.435. The van der Waals surface area contributed by atoms with Gasteiger partial charge in [0.15, 0.2) is 5.76 Å². The summed E-state index contributed by atoms with van der Waals surface area (Å²) in [4.78, 5) is 26.7. The number of halogens is 1. The highest BCUT2D eigenvalue weighted by molar-refractivity contribution is 6.05. The van der Waals surface area contributed by atoms with Gasteiger partial charge >= 0.3 is 5.88 Å². The van der Waals surface area contributed by atoms with E-state index in [2.05, 4.69) is 25.0 Å². The number of anilines is 1. The predicted molar refractivity (Wildman–Crippen MR) is 121 cm³/mol. The van der Waals surface area contributed by atoms with Crippen molar-refractivity contribution in [3.63, 3.8) is 0 Å². The third-order valence-corrected chi connectivity index (χ3v) is 4.82. The molecule has 0 spiro atoms. The largest absolute Gasteiger partial charge is 0.433 e. The molecule has 1 aliphatic rings. The molecule has 2 aromatic rings. The van der Waals surface area contributed by atoms with E-state index in [0.29, 0.717) is 12.2 Å². The van der Waals surface area contributed by atoms with Gasteiger partial charge in [0.1, 0.15) is 10.7 Å². The van der Waals surface area contributed by atoms with E-state index in [4.69, 9.17) is 4.42 Å². The third-order valence-electron chi connectivity index (χ3n) is 4.82. The molecule has 2 heterocycles. The highest BCUT2D eigenvalue weighted by Gasteiger charge is 2.34. The van der Waals surface area contributed by atoms with Crippen molar-refractivity contribution in [3.8, 4) is 0 Å². The van der Waals surface area contributed by atoms with E-state index in [-0.39, 0.29) is 17.5 Å². The van der Waals surface area contributed by atoms with Crippen molar-refractivity contribution in [2.24, 2.45) is 0 Å². The van der Waals surface area contributed by atoms with Crippen LogP contribution in [0.5, 0.6) is 0 Å². The maximum Gasteiger partial charge on any atom is 0.433 e. The fourth-order valence-corrected chi connectivity index (χ4v) is 3.50. The zero-order valence-electron chi connectivity index (χ0n) is 18.8. The molecule has 1 unspecified atom stereocenters. The van der Waals surface area contributed by atoms with Crippen LogP contribution in [0.25, 0.3) is 0 Å². The summed E-state index contributed by atoms with van der Waals surface area (Å²) in [6.45, 7) is 14.3. The number of nitrogens with zero attached hydrogens (tertiary/aromatic N) is 3. The molecule has 0 aliphatic carbocycles. The van der Waals surface area contributed by atoms with E-state index >= 15 is 0 Å². The molecule has 31 heavy (non-hydrogen) atoms. The molecule has 170 valence electrons. The topological polar surface area (TPSA) is 79.8 Å². The van der Waals surface area contributed by atoms with Crippen LogP contribution in [-0.2, 0) is 0 Å². The minimum atomic E-state index is -0.684. The van der Waals surface area contributed by atoms with Crippen molar-refractivity contribution < 1.29 is 18.5 Å². The Labute approximate surface area is 183 Å². The number of hydrogen-bond donors (Lipinski definition) is 0. The lowest BCUT2D eigenvalue weighted by molar-refractivity contribution is -0.402. The minimum absolute atomic E-state index is 0.00361. The summed E-state index contributed by atoms with van der Waals surface area (Å²) in [5.41, 5.74) is 1.41. The van der Waals surface area contributed by atoms with Gasteiger partial charge in [0.25, 0.3) is 5.91 Å². The second kappa shape index (κ2) is 12.6. The summed E-state index contributed by atoms with van der Waals surface area (Å²) in [7, 11) is 2.04. The van der Waals surface area contributed by atoms with E-state index < -0.39 is 16.7 Å². The quantitative estimate of drug-likeness (QED) is 0.321. The Kier molecular flexibility index (Phi) is 10.6. The summed E-state index contributed by atoms with van der Waals surface area (Å²) >= 11 is 0. The number of carbonyl (C=O) groups excluding carboxylic acids is 1. The highest BCUT2D eigenvalue weighted by Crippen LogP contribution is 2.39. The molecule has 7 nitrogen and oxygen atoms in total. The molecular formula is C23H32FN3O4. The molecule has 0 N–H and O–H groups in total. The smallest absolute Gasteiger partial charge is 0.395 e. The zero-order chi connectivity index (χ0) is 23.6. The first-order valence-electron chi connectivity index (χ1n) is 10.4. The molecule has 1 aromatic heterocycles. The van der Waals surface area contributed by atoms with Crippen LogP contribution < -0.4 is 4.90 Å². The van der Waals surface area contributed by atoms with E-state index in [9.17, 15) is 19.3 Å². The lowest BCUT2D eigenvalue weighted by atomic mass is 9.97. The summed E-state index contributed by atoms with van der Waals surface area (Å²) in [6.07, 6.45) is 1.84. The Morgan fingerprint density at radius 3 is 2.55 bits per heavy atom. The van der Waals surface area contributed by atoms with Crippen LogP contribution in [0.4, 0.5) is 16.0 Å². The molecule has 0 saturated carbocycles. The van der Waals surface area contributed by atoms with Crippen molar-refractivity contribution in [2.45, 2.75) is 39.5 Å². The van der Waals surface area contributed by atoms with Crippen molar-refractivity contribution in [2.75, 3.05) is 31.6 Å². The van der Waals surface area contributed by atoms with Crippen LogP contribution in [0.1, 0.15) is 55.6 Å². The molecule has 1 amide bonds. The average Bonchev–Trinajstić information content (AvgIpc) is 3.40. The van der Waals surface area contributed by atoms with Gasteiger partial charge in [-0.2, -0.15) is 0 Å². The average molecular weight is 434 g/mol. The van der Waals surface area contributed by atoms with E-state index in [1.54, 1.807) is 6.07 Å². The van der Waals surface area contributed by atoms with Gasteiger partial charge in [0.05, 0.1) is 6.07 Å². The Morgan fingerprint density at radius 1 is 1.29 bits per heavy atom. The van der Waals surface area contributed by atoms with Gasteiger partial charge in [-0.05, 0) is 62.8 Å². The van der Waals surface area contributed by atoms with Gasteiger partial charge < -0.3 is 14.2 Å². The molecule has 0 bridgehead atoms. The molecule has 3 rings (SSSR count). The van der Waals surface area contributed by atoms with Crippen LogP contribution in [-0.4, -0.2) is 42.4 Å². The Hall–Kier alpha value is -3.00. The number of carbonyl (C=O) groups is 1. The number of amides is 1. The summed E-state index contributed by atoms with van der Waals surface area (Å²) in [6, 6.07) is 6.82. The first-order chi connectivity index (χ1) is 14.9. The van der Waals surface area contributed by atoms with Crippen LogP contribution in [0.15, 0.2) is 47.9 Å². The van der Waals surface area contributed by atoms with Gasteiger partial charge in [-0.1, -0.05) is 20.8 Å². The fourth-order valence-electron chi connectivity index (χ4n) is 3.50. The molecule has 0 radical (unpaired) electrons. The first-order valence-corrected chi connectivity index (χ1v) is 10.4. The molecule has 8 heteroatoms. The SMILES string of the molecule is C=C.CC.CCCN(C)CCC1CN(C(=O)c2ccc([N+](=O)[O-])o2)c2ccc(F)cc21. The second-order valence-corrected chi connectivity index (χ2v) is 6.80. The van der Waals surface area contributed by atoms with E-state index in [0.717, 1.165) is 37.6 Å². The van der Waals surface area contributed by atoms with Gasteiger partial charge in [-0.3, -0.25) is 14.9 Å². The molecule has 1 aliphatic heterocycles. The summed E-state index contributed by atoms with van der Waals surface area (Å²) < 4.78 is 18.8. The normalized spacial score (nSPS) is 14.3. The predicted octanol–water partition coefficient (Wildman–Crippen LogP) is 5.63. The number of fused-ring (bicyclic) bond motifs is 1. The Bertz CT molecular complexity index is 868. The molecule has 1 aromatic carbocycles. The monoisotopic (exact) mass is 433 g/mol. The van der Waals surface area contributed by atoms with Crippen molar-refractivity contribution in [3.05, 3.63) is 70.7 Å². The zero-order valence-corrected chi connectivity index (χ0v) is 18.8. The van der Waals surface area contributed by atoms with Crippen LogP contribution >= 0.6 is 0 Å². The van der Waals surface area contributed by atoms with Gasteiger partial charge in [0, 0.05) is 18.2 Å². The Balaban J connectivity index is 0.00000113.